The maximum atomic E-state index is 12.4. The number of alkyl halides is 3. The number of hydrogen-bond donors (Lipinski definition) is 0. The molecule has 0 aliphatic carbocycles. The summed E-state index contributed by atoms with van der Waals surface area (Å²) in [7, 11) is 0. The van der Waals surface area contributed by atoms with E-state index in [-0.39, 0.29) is 16.2 Å². The summed E-state index contributed by atoms with van der Waals surface area (Å²) in [5.74, 6) is -1.84. The Bertz CT molecular complexity index is 839. The van der Waals surface area contributed by atoms with Crippen LogP contribution in [0.3, 0.4) is 0 Å². The third-order valence-corrected chi connectivity index (χ3v) is 3.84. The number of aromatic nitrogens is 1. The van der Waals surface area contributed by atoms with Crippen molar-refractivity contribution in [2.75, 3.05) is 6.61 Å². The van der Waals surface area contributed by atoms with Gasteiger partial charge in [-0.15, -0.1) is 5.06 Å². The molecular weight excluding hydrogens is 440 g/mol. The zero-order valence-corrected chi connectivity index (χ0v) is 14.0. The van der Waals surface area contributed by atoms with Crippen molar-refractivity contribution in [3.63, 3.8) is 0 Å². The first-order valence-electron chi connectivity index (χ1n) is 6.60. The van der Waals surface area contributed by atoms with Crippen molar-refractivity contribution in [3.8, 4) is 11.1 Å². The molecule has 1 aromatic carbocycles. The number of rotatable bonds is 3. The SMILES string of the molecule is O=C1c2cccc(-c3cncc(I)c3)c2C(=O)N1OCC(F)(F)F. The smallest absolute Gasteiger partial charge is 0.266 e. The minimum atomic E-state index is -4.66. The average Bonchev–Trinajstić information content (AvgIpc) is 2.76. The van der Waals surface area contributed by atoms with E-state index in [0.29, 0.717) is 11.1 Å². The van der Waals surface area contributed by atoms with Gasteiger partial charge in [0, 0.05) is 21.5 Å². The molecule has 0 bridgehead atoms. The maximum Gasteiger partial charge on any atom is 0.414 e. The van der Waals surface area contributed by atoms with Crippen LogP contribution >= 0.6 is 22.6 Å². The van der Waals surface area contributed by atoms with Gasteiger partial charge in [0.05, 0.1) is 11.1 Å². The number of amides is 2. The average molecular weight is 448 g/mol. The van der Waals surface area contributed by atoms with E-state index < -0.39 is 24.6 Å². The molecule has 0 atom stereocenters. The van der Waals surface area contributed by atoms with Gasteiger partial charge in [-0.3, -0.25) is 19.4 Å². The lowest BCUT2D eigenvalue weighted by Crippen LogP contribution is -2.34. The Morgan fingerprint density at radius 1 is 1.12 bits per heavy atom. The molecule has 2 aromatic rings. The lowest BCUT2D eigenvalue weighted by molar-refractivity contribution is -0.218. The van der Waals surface area contributed by atoms with Crippen LogP contribution in [-0.4, -0.2) is 34.6 Å². The molecule has 0 radical (unpaired) electrons. The third kappa shape index (κ3) is 3.13. The largest absolute Gasteiger partial charge is 0.414 e. The molecule has 2 amide bonds. The number of halogens is 4. The van der Waals surface area contributed by atoms with Crippen LogP contribution in [0.25, 0.3) is 11.1 Å². The Kier molecular flexibility index (Phi) is 4.30. The monoisotopic (exact) mass is 448 g/mol. The lowest BCUT2D eigenvalue weighted by atomic mass is 9.98. The van der Waals surface area contributed by atoms with Gasteiger partial charge in [0.1, 0.15) is 0 Å². The summed E-state index contributed by atoms with van der Waals surface area (Å²) in [5, 5.41) is 0.156. The molecule has 5 nitrogen and oxygen atoms in total. The lowest BCUT2D eigenvalue weighted by Gasteiger charge is -2.14. The second-order valence-electron chi connectivity index (χ2n) is 4.91. The van der Waals surface area contributed by atoms with Crippen molar-refractivity contribution < 1.29 is 27.6 Å². The van der Waals surface area contributed by atoms with Crippen molar-refractivity contribution >= 4 is 34.4 Å². The van der Waals surface area contributed by atoms with Crippen LogP contribution in [-0.2, 0) is 4.84 Å². The Labute approximate surface area is 147 Å². The fourth-order valence-corrected chi connectivity index (χ4v) is 2.82. The molecule has 0 N–H and O–H groups in total. The van der Waals surface area contributed by atoms with Crippen molar-refractivity contribution in [2.45, 2.75) is 6.18 Å². The van der Waals surface area contributed by atoms with Crippen LogP contribution in [0, 0.1) is 3.57 Å². The summed E-state index contributed by atoms with van der Waals surface area (Å²) >= 11 is 2.04. The molecule has 1 aliphatic heterocycles. The van der Waals surface area contributed by atoms with E-state index in [2.05, 4.69) is 9.82 Å². The molecule has 2 heterocycles. The van der Waals surface area contributed by atoms with Crippen LogP contribution in [0.2, 0.25) is 0 Å². The van der Waals surface area contributed by atoms with E-state index in [4.69, 9.17) is 0 Å². The summed E-state index contributed by atoms with van der Waals surface area (Å²) < 4.78 is 37.7. The van der Waals surface area contributed by atoms with E-state index in [1.807, 2.05) is 22.6 Å². The molecule has 1 aliphatic rings. The van der Waals surface area contributed by atoms with Crippen molar-refractivity contribution in [3.05, 3.63) is 51.4 Å². The minimum absolute atomic E-state index is 0.00136. The predicted molar refractivity (Wildman–Crippen MR) is 84.9 cm³/mol. The van der Waals surface area contributed by atoms with Crippen molar-refractivity contribution in [1.82, 2.24) is 10.0 Å². The number of nitrogens with zero attached hydrogens (tertiary/aromatic N) is 2. The van der Waals surface area contributed by atoms with Gasteiger partial charge in [0.15, 0.2) is 6.61 Å². The number of imide groups is 1. The Balaban J connectivity index is 2.01. The van der Waals surface area contributed by atoms with E-state index in [1.54, 1.807) is 24.4 Å². The maximum absolute atomic E-state index is 12.4. The second kappa shape index (κ2) is 6.13. The fraction of sp³-hybridized carbons (Fsp3) is 0.133. The van der Waals surface area contributed by atoms with Gasteiger partial charge in [-0.25, -0.2) is 0 Å². The molecule has 0 saturated heterocycles. The zero-order valence-electron chi connectivity index (χ0n) is 11.8. The van der Waals surface area contributed by atoms with Crippen molar-refractivity contribution in [1.29, 1.82) is 0 Å². The molecular formula is C15H8F3IN2O3. The number of hydroxylamine groups is 2. The Hall–Kier alpha value is -2.01. The molecule has 0 fully saturated rings. The van der Waals surface area contributed by atoms with Crippen LogP contribution in [0.4, 0.5) is 13.2 Å². The zero-order chi connectivity index (χ0) is 17.5. The highest BCUT2D eigenvalue weighted by atomic mass is 127. The quantitative estimate of drug-likeness (QED) is 0.534. The number of carbonyl (C=O) groups is 2. The summed E-state index contributed by atoms with van der Waals surface area (Å²) in [6.45, 7) is -1.72. The van der Waals surface area contributed by atoms with Gasteiger partial charge in [-0.1, -0.05) is 12.1 Å². The third-order valence-electron chi connectivity index (χ3n) is 3.25. The highest BCUT2D eigenvalue weighted by Gasteiger charge is 2.41. The summed E-state index contributed by atoms with van der Waals surface area (Å²) in [5.41, 5.74) is 1.000. The number of hydrogen-bond acceptors (Lipinski definition) is 4. The molecule has 0 unspecified atom stereocenters. The highest BCUT2D eigenvalue weighted by molar-refractivity contribution is 14.1. The Morgan fingerprint density at radius 3 is 2.50 bits per heavy atom. The number of benzene rings is 1. The van der Waals surface area contributed by atoms with Gasteiger partial charge >= 0.3 is 6.18 Å². The van der Waals surface area contributed by atoms with Crippen LogP contribution < -0.4 is 0 Å². The molecule has 24 heavy (non-hydrogen) atoms. The molecule has 1 aromatic heterocycles. The first-order chi connectivity index (χ1) is 11.3. The van der Waals surface area contributed by atoms with Gasteiger partial charge in [0.2, 0.25) is 0 Å². The van der Waals surface area contributed by atoms with Crippen LogP contribution in [0.1, 0.15) is 20.7 Å². The topological polar surface area (TPSA) is 59.5 Å². The summed E-state index contributed by atoms with van der Waals surface area (Å²) in [6, 6.07) is 6.27. The van der Waals surface area contributed by atoms with E-state index in [9.17, 15) is 22.8 Å². The van der Waals surface area contributed by atoms with Gasteiger partial charge in [0.25, 0.3) is 11.8 Å². The number of carbonyl (C=O) groups excluding carboxylic acids is 2. The molecule has 9 heteroatoms. The normalized spacial score (nSPS) is 14.2. The van der Waals surface area contributed by atoms with Crippen LogP contribution in [0.5, 0.6) is 0 Å². The highest BCUT2D eigenvalue weighted by Crippen LogP contribution is 2.33. The van der Waals surface area contributed by atoms with Gasteiger partial charge < -0.3 is 0 Å². The molecule has 0 saturated carbocycles. The van der Waals surface area contributed by atoms with Gasteiger partial charge in [-0.05, 0) is 40.3 Å². The number of pyridine rings is 1. The van der Waals surface area contributed by atoms with E-state index in [1.165, 1.54) is 12.3 Å². The first-order valence-corrected chi connectivity index (χ1v) is 7.68. The van der Waals surface area contributed by atoms with E-state index in [0.717, 1.165) is 3.57 Å². The van der Waals surface area contributed by atoms with Crippen molar-refractivity contribution in [2.24, 2.45) is 0 Å². The molecule has 3 rings (SSSR count). The van der Waals surface area contributed by atoms with Gasteiger partial charge in [-0.2, -0.15) is 13.2 Å². The van der Waals surface area contributed by atoms with Crippen LogP contribution in [0.15, 0.2) is 36.7 Å². The summed E-state index contributed by atoms with van der Waals surface area (Å²) in [4.78, 5) is 33.0. The summed E-state index contributed by atoms with van der Waals surface area (Å²) in [6.07, 6.45) is -1.54. The number of fused-ring (bicyclic) bond motifs is 1. The predicted octanol–water partition coefficient (Wildman–Crippen LogP) is 3.44. The minimum Gasteiger partial charge on any atom is -0.266 e. The first kappa shape index (κ1) is 16.8. The fourth-order valence-electron chi connectivity index (χ4n) is 2.32. The second-order valence-corrected chi connectivity index (χ2v) is 6.16. The molecule has 0 spiro atoms. The van der Waals surface area contributed by atoms with E-state index >= 15 is 0 Å². The standard InChI is InChI=1S/C15H8F3IN2O3/c16-15(17,18)7-24-21-13(22)11-3-1-2-10(12(11)14(21)23)8-4-9(19)6-20-5-8/h1-6H,7H2. The molecule has 124 valence electrons. The Morgan fingerprint density at radius 2 is 1.83 bits per heavy atom.